The van der Waals surface area contributed by atoms with Gasteiger partial charge in [0.15, 0.2) is 0 Å². The van der Waals surface area contributed by atoms with Crippen molar-refractivity contribution in [3.63, 3.8) is 0 Å². The molecule has 0 fully saturated rings. The minimum Gasteiger partial charge on any atom is -0.475 e. The van der Waals surface area contributed by atoms with E-state index in [0.29, 0.717) is 5.76 Å². The molecule has 0 saturated heterocycles. The third-order valence-electron chi connectivity index (χ3n) is 1.88. The molecule has 0 radical (unpaired) electrons. The topological polar surface area (TPSA) is 50.4 Å². The zero-order chi connectivity index (χ0) is 12.0. The van der Waals surface area contributed by atoms with Crippen molar-refractivity contribution in [3.05, 3.63) is 48.2 Å². The van der Waals surface area contributed by atoms with E-state index >= 15 is 0 Å². The van der Waals surface area contributed by atoms with Crippen LogP contribution in [0.15, 0.2) is 46.9 Å². The van der Waals surface area contributed by atoms with Crippen LogP contribution in [0.2, 0.25) is 0 Å². The van der Waals surface area contributed by atoms with Crippen LogP contribution in [0.3, 0.4) is 0 Å². The average Bonchev–Trinajstić information content (AvgIpc) is 2.82. The zero-order valence-electron chi connectivity index (χ0n) is 9.31. The van der Waals surface area contributed by atoms with Gasteiger partial charge in [0.2, 0.25) is 5.76 Å². The molecule has 16 heavy (non-hydrogen) atoms. The smallest absolute Gasteiger partial charge is 0.371 e. The molecule has 84 valence electrons. The van der Waals surface area contributed by atoms with Gasteiger partial charge in [-0.05, 0) is 12.1 Å². The number of hydrogen-bond donors (Lipinski definition) is 1. The fraction of sp³-hybridized carbons (Fsp3) is 0.154. The van der Waals surface area contributed by atoms with Gasteiger partial charge in [0, 0.05) is 5.56 Å². The fourth-order valence-electron chi connectivity index (χ4n) is 1.21. The van der Waals surface area contributed by atoms with Crippen molar-refractivity contribution in [2.45, 2.75) is 13.8 Å². The Balaban J connectivity index is 0.000000606. The Morgan fingerprint density at radius 2 is 1.69 bits per heavy atom. The predicted octanol–water partition coefficient (Wildman–Crippen LogP) is 3.67. The van der Waals surface area contributed by atoms with Crippen LogP contribution < -0.4 is 0 Å². The maximum Gasteiger partial charge on any atom is 0.371 e. The summed E-state index contributed by atoms with van der Waals surface area (Å²) in [5.74, 6) is -0.515. The van der Waals surface area contributed by atoms with Crippen molar-refractivity contribution in [1.29, 1.82) is 0 Å². The Morgan fingerprint density at radius 3 is 2.19 bits per heavy atom. The van der Waals surface area contributed by atoms with E-state index < -0.39 is 5.97 Å². The lowest BCUT2D eigenvalue weighted by atomic mass is 10.2. The third kappa shape index (κ3) is 2.73. The van der Waals surface area contributed by atoms with E-state index in [4.69, 9.17) is 9.52 Å². The van der Waals surface area contributed by atoms with Gasteiger partial charge in [-0.1, -0.05) is 44.2 Å². The quantitative estimate of drug-likeness (QED) is 0.836. The Hall–Kier alpha value is -2.03. The number of aromatic carboxylic acids is 1. The van der Waals surface area contributed by atoms with Gasteiger partial charge in [-0.2, -0.15) is 0 Å². The highest BCUT2D eigenvalue weighted by atomic mass is 16.4. The highest BCUT2D eigenvalue weighted by molar-refractivity contribution is 5.85. The molecular formula is C13H14O3. The molecular weight excluding hydrogens is 204 g/mol. The molecule has 0 amide bonds. The standard InChI is InChI=1S/C11H8O3.C2H6/c12-11(13)10-7-6-9(14-10)8-4-2-1-3-5-8;1-2/h1-7H,(H,12,13);1-2H3. The van der Waals surface area contributed by atoms with Gasteiger partial charge in [0.25, 0.3) is 0 Å². The molecule has 3 nitrogen and oxygen atoms in total. The van der Waals surface area contributed by atoms with Crippen LogP contribution >= 0.6 is 0 Å². The molecule has 0 atom stereocenters. The van der Waals surface area contributed by atoms with Crippen molar-refractivity contribution in [3.8, 4) is 11.3 Å². The maximum absolute atomic E-state index is 10.6. The van der Waals surface area contributed by atoms with Gasteiger partial charge in [-0.25, -0.2) is 4.79 Å². The number of furan rings is 1. The molecule has 0 saturated carbocycles. The minimum absolute atomic E-state index is 0.0381. The van der Waals surface area contributed by atoms with Crippen LogP contribution in [0, 0.1) is 0 Å². The number of hydrogen-bond acceptors (Lipinski definition) is 2. The van der Waals surface area contributed by atoms with Crippen molar-refractivity contribution < 1.29 is 14.3 Å². The first-order chi connectivity index (χ1) is 7.77. The van der Waals surface area contributed by atoms with Crippen LogP contribution in [0.1, 0.15) is 24.4 Å². The highest BCUT2D eigenvalue weighted by Gasteiger charge is 2.09. The van der Waals surface area contributed by atoms with E-state index in [0.717, 1.165) is 5.56 Å². The van der Waals surface area contributed by atoms with Crippen molar-refractivity contribution in [1.82, 2.24) is 0 Å². The van der Waals surface area contributed by atoms with E-state index in [2.05, 4.69) is 0 Å². The Labute approximate surface area is 94.3 Å². The molecule has 0 bridgehead atoms. The summed E-state index contributed by atoms with van der Waals surface area (Å²) in [4.78, 5) is 10.6. The number of carboxylic acids is 1. The summed E-state index contributed by atoms with van der Waals surface area (Å²) in [6.07, 6.45) is 0. The minimum atomic E-state index is -1.05. The molecule has 1 aromatic heterocycles. The largest absolute Gasteiger partial charge is 0.475 e. The van der Waals surface area contributed by atoms with Gasteiger partial charge < -0.3 is 9.52 Å². The Kier molecular flexibility index (Phi) is 4.33. The number of carbonyl (C=O) groups is 1. The molecule has 3 heteroatoms. The van der Waals surface area contributed by atoms with E-state index in [9.17, 15) is 4.79 Å². The Bertz CT molecular complexity index is 443. The highest BCUT2D eigenvalue weighted by Crippen LogP contribution is 2.21. The van der Waals surface area contributed by atoms with Crippen LogP contribution in [0.25, 0.3) is 11.3 Å². The summed E-state index contributed by atoms with van der Waals surface area (Å²) >= 11 is 0. The number of carboxylic acid groups (broad SMARTS) is 1. The van der Waals surface area contributed by atoms with Crippen molar-refractivity contribution >= 4 is 5.97 Å². The lowest BCUT2D eigenvalue weighted by molar-refractivity contribution is 0.0663. The van der Waals surface area contributed by atoms with Gasteiger partial charge in [-0.15, -0.1) is 0 Å². The molecule has 1 aromatic carbocycles. The second kappa shape index (κ2) is 5.75. The summed E-state index contributed by atoms with van der Waals surface area (Å²) in [5.41, 5.74) is 0.875. The molecule has 0 aliphatic heterocycles. The van der Waals surface area contributed by atoms with E-state index in [1.54, 1.807) is 6.07 Å². The second-order valence-electron chi connectivity index (χ2n) is 2.84. The summed E-state index contributed by atoms with van der Waals surface area (Å²) < 4.78 is 5.13. The van der Waals surface area contributed by atoms with Crippen LogP contribution in [0.5, 0.6) is 0 Å². The normalized spacial score (nSPS) is 9.12. The molecule has 0 aliphatic carbocycles. The second-order valence-corrected chi connectivity index (χ2v) is 2.84. The van der Waals surface area contributed by atoms with Crippen molar-refractivity contribution in [2.75, 3.05) is 0 Å². The monoisotopic (exact) mass is 218 g/mol. The SMILES string of the molecule is CC.O=C(O)c1ccc(-c2ccccc2)o1. The number of rotatable bonds is 2. The first kappa shape index (κ1) is 12.0. The van der Waals surface area contributed by atoms with Gasteiger partial charge in [-0.3, -0.25) is 0 Å². The van der Waals surface area contributed by atoms with Crippen LogP contribution in [0.4, 0.5) is 0 Å². The fourth-order valence-corrected chi connectivity index (χ4v) is 1.21. The molecule has 2 rings (SSSR count). The molecule has 0 unspecified atom stereocenters. The third-order valence-corrected chi connectivity index (χ3v) is 1.88. The van der Waals surface area contributed by atoms with Gasteiger partial charge in [0.05, 0.1) is 0 Å². The van der Waals surface area contributed by atoms with E-state index in [-0.39, 0.29) is 5.76 Å². The van der Waals surface area contributed by atoms with Crippen molar-refractivity contribution in [2.24, 2.45) is 0 Å². The molecule has 0 aliphatic rings. The summed E-state index contributed by atoms with van der Waals surface area (Å²) in [5, 5.41) is 8.65. The maximum atomic E-state index is 10.6. The lowest BCUT2D eigenvalue weighted by Gasteiger charge is -1.94. The first-order valence-electron chi connectivity index (χ1n) is 5.16. The average molecular weight is 218 g/mol. The van der Waals surface area contributed by atoms with Gasteiger partial charge >= 0.3 is 5.97 Å². The lowest BCUT2D eigenvalue weighted by Crippen LogP contribution is -1.91. The molecule has 1 heterocycles. The summed E-state index contributed by atoms with van der Waals surface area (Å²) in [7, 11) is 0. The van der Waals surface area contributed by atoms with E-state index in [1.165, 1.54) is 6.07 Å². The summed E-state index contributed by atoms with van der Waals surface area (Å²) in [6, 6.07) is 12.5. The molecule has 1 N–H and O–H groups in total. The first-order valence-corrected chi connectivity index (χ1v) is 5.16. The van der Waals surface area contributed by atoms with Crippen LogP contribution in [-0.2, 0) is 0 Å². The Morgan fingerprint density at radius 1 is 1.06 bits per heavy atom. The molecule has 0 spiro atoms. The predicted molar refractivity (Wildman–Crippen MR) is 62.5 cm³/mol. The van der Waals surface area contributed by atoms with E-state index in [1.807, 2.05) is 44.2 Å². The molecule has 2 aromatic rings. The van der Waals surface area contributed by atoms with Crippen LogP contribution in [-0.4, -0.2) is 11.1 Å². The summed E-state index contributed by atoms with van der Waals surface area (Å²) in [6.45, 7) is 4.00. The van der Waals surface area contributed by atoms with Gasteiger partial charge in [0.1, 0.15) is 5.76 Å². The zero-order valence-corrected chi connectivity index (χ0v) is 9.31. The number of benzene rings is 1.